The van der Waals surface area contributed by atoms with Crippen LogP contribution in [0, 0.1) is 3.57 Å². The van der Waals surface area contributed by atoms with E-state index in [1.807, 2.05) is 22.6 Å². The zero-order chi connectivity index (χ0) is 13.2. The average Bonchev–Trinajstić information content (AvgIpc) is 2.32. The van der Waals surface area contributed by atoms with Crippen molar-refractivity contribution < 1.29 is 17.9 Å². The lowest BCUT2D eigenvalue weighted by atomic mass is 10.3. The van der Waals surface area contributed by atoms with Crippen molar-refractivity contribution in [1.82, 2.24) is 15.0 Å². The largest absolute Gasteiger partial charge is 0.436 e. The van der Waals surface area contributed by atoms with Crippen LogP contribution in [-0.4, -0.2) is 15.0 Å². The molecule has 0 fully saturated rings. The minimum absolute atomic E-state index is 0.180. The summed E-state index contributed by atoms with van der Waals surface area (Å²) in [5, 5.41) is 0. The van der Waals surface area contributed by atoms with Gasteiger partial charge in [0.15, 0.2) is 0 Å². The summed E-state index contributed by atoms with van der Waals surface area (Å²) in [5.74, 6) is 0.451. The standard InChI is InChI=1S/C10H5F3IN3O/c11-10(12,13)8-2-1-6(3-16-8)18-9-7(14)4-15-5-17-9/h1-5H. The highest BCUT2D eigenvalue weighted by molar-refractivity contribution is 14.1. The smallest absolute Gasteiger partial charge is 0.433 e. The second-order valence-electron chi connectivity index (χ2n) is 3.15. The zero-order valence-corrected chi connectivity index (χ0v) is 10.8. The van der Waals surface area contributed by atoms with Crippen LogP contribution in [0.15, 0.2) is 30.9 Å². The molecular weight excluding hydrogens is 362 g/mol. The summed E-state index contributed by atoms with van der Waals surface area (Å²) in [6.45, 7) is 0. The molecule has 2 rings (SSSR count). The van der Waals surface area contributed by atoms with Crippen molar-refractivity contribution in [2.45, 2.75) is 6.18 Å². The number of ether oxygens (including phenoxy) is 1. The van der Waals surface area contributed by atoms with Crippen LogP contribution >= 0.6 is 22.6 Å². The summed E-state index contributed by atoms with van der Waals surface area (Å²) in [7, 11) is 0. The Morgan fingerprint density at radius 2 is 1.89 bits per heavy atom. The van der Waals surface area contributed by atoms with Crippen LogP contribution in [0.4, 0.5) is 13.2 Å². The predicted octanol–water partition coefficient (Wildman–Crippen LogP) is 3.29. The number of halogens is 4. The quantitative estimate of drug-likeness (QED) is 0.765. The molecule has 0 bridgehead atoms. The monoisotopic (exact) mass is 367 g/mol. The van der Waals surface area contributed by atoms with Crippen molar-refractivity contribution in [3.63, 3.8) is 0 Å². The first kappa shape index (κ1) is 13.0. The maximum atomic E-state index is 12.3. The molecule has 18 heavy (non-hydrogen) atoms. The minimum atomic E-state index is -4.46. The molecule has 0 spiro atoms. The molecule has 2 aromatic rings. The lowest BCUT2D eigenvalue weighted by Gasteiger charge is -2.07. The first-order chi connectivity index (χ1) is 8.47. The Morgan fingerprint density at radius 3 is 2.44 bits per heavy atom. The maximum absolute atomic E-state index is 12.3. The SMILES string of the molecule is FC(F)(F)c1ccc(Oc2ncncc2I)cn1. The Labute approximate surface area is 113 Å². The molecule has 0 saturated carbocycles. The van der Waals surface area contributed by atoms with Crippen molar-refractivity contribution in [1.29, 1.82) is 0 Å². The molecule has 8 heteroatoms. The predicted molar refractivity (Wildman–Crippen MR) is 64.1 cm³/mol. The molecule has 0 unspecified atom stereocenters. The van der Waals surface area contributed by atoms with Gasteiger partial charge in [-0.05, 0) is 34.7 Å². The molecule has 2 heterocycles. The number of pyridine rings is 1. The molecule has 94 valence electrons. The van der Waals surface area contributed by atoms with E-state index in [0.717, 1.165) is 12.3 Å². The Kier molecular flexibility index (Phi) is 3.64. The number of hydrogen-bond acceptors (Lipinski definition) is 4. The number of alkyl halides is 3. The van der Waals surface area contributed by atoms with E-state index in [1.165, 1.54) is 18.6 Å². The summed E-state index contributed by atoms with van der Waals surface area (Å²) < 4.78 is 42.8. The number of aromatic nitrogens is 3. The van der Waals surface area contributed by atoms with E-state index in [2.05, 4.69) is 15.0 Å². The second-order valence-corrected chi connectivity index (χ2v) is 4.32. The van der Waals surface area contributed by atoms with Crippen LogP contribution in [0.5, 0.6) is 11.6 Å². The molecule has 0 radical (unpaired) electrons. The molecule has 0 atom stereocenters. The van der Waals surface area contributed by atoms with Gasteiger partial charge in [0.2, 0.25) is 5.88 Å². The van der Waals surface area contributed by atoms with Gasteiger partial charge >= 0.3 is 6.18 Å². The summed E-state index contributed by atoms with van der Waals surface area (Å²) in [5.41, 5.74) is -0.966. The van der Waals surface area contributed by atoms with Crippen molar-refractivity contribution >= 4 is 22.6 Å². The van der Waals surface area contributed by atoms with E-state index >= 15 is 0 Å². The van der Waals surface area contributed by atoms with Crippen molar-refractivity contribution in [3.8, 4) is 11.6 Å². The lowest BCUT2D eigenvalue weighted by molar-refractivity contribution is -0.141. The maximum Gasteiger partial charge on any atom is 0.433 e. The first-order valence-electron chi connectivity index (χ1n) is 4.63. The number of hydrogen-bond donors (Lipinski definition) is 0. The topological polar surface area (TPSA) is 47.9 Å². The van der Waals surface area contributed by atoms with Gasteiger partial charge in [0.05, 0.1) is 9.77 Å². The Bertz CT molecular complexity index is 545. The third-order valence-corrected chi connectivity index (χ3v) is 2.62. The van der Waals surface area contributed by atoms with Gasteiger partial charge < -0.3 is 4.74 Å². The summed E-state index contributed by atoms with van der Waals surface area (Å²) in [6, 6.07) is 2.04. The van der Waals surface area contributed by atoms with Gasteiger partial charge in [-0.2, -0.15) is 13.2 Å². The van der Waals surface area contributed by atoms with Gasteiger partial charge in [-0.1, -0.05) is 0 Å². The number of rotatable bonds is 2. The van der Waals surface area contributed by atoms with Crippen LogP contribution in [0.25, 0.3) is 0 Å². The van der Waals surface area contributed by atoms with Crippen molar-refractivity contribution in [2.75, 3.05) is 0 Å². The van der Waals surface area contributed by atoms with Crippen molar-refractivity contribution in [3.05, 3.63) is 40.1 Å². The Balaban J connectivity index is 2.19. The third kappa shape index (κ3) is 3.06. The van der Waals surface area contributed by atoms with Crippen LogP contribution in [0.1, 0.15) is 5.69 Å². The molecule has 0 aromatic carbocycles. The first-order valence-corrected chi connectivity index (χ1v) is 5.71. The summed E-state index contributed by atoms with van der Waals surface area (Å²) in [6.07, 6.45) is -0.641. The van der Waals surface area contributed by atoms with E-state index in [4.69, 9.17) is 4.74 Å². The van der Waals surface area contributed by atoms with Crippen LogP contribution in [-0.2, 0) is 6.18 Å². The molecule has 0 aliphatic carbocycles. The molecule has 0 amide bonds. The highest BCUT2D eigenvalue weighted by Crippen LogP contribution is 2.29. The molecular formula is C10H5F3IN3O. The highest BCUT2D eigenvalue weighted by Gasteiger charge is 2.32. The fraction of sp³-hybridized carbons (Fsp3) is 0.100. The lowest BCUT2D eigenvalue weighted by Crippen LogP contribution is -2.07. The fourth-order valence-corrected chi connectivity index (χ4v) is 1.51. The van der Waals surface area contributed by atoms with Gasteiger partial charge in [-0.3, -0.25) is 0 Å². The normalized spacial score (nSPS) is 11.3. The van der Waals surface area contributed by atoms with E-state index < -0.39 is 11.9 Å². The van der Waals surface area contributed by atoms with Crippen LogP contribution in [0.2, 0.25) is 0 Å². The van der Waals surface area contributed by atoms with E-state index in [0.29, 0.717) is 3.57 Å². The minimum Gasteiger partial charge on any atom is -0.436 e. The molecule has 0 aliphatic heterocycles. The third-order valence-electron chi connectivity index (χ3n) is 1.88. The van der Waals surface area contributed by atoms with Gasteiger partial charge in [0, 0.05) is 6.20 Å². The molecule has 0 aliphatic rings. The van der Waals surface area contributed by atoms with E-state index in [1.54, 1.807) is 0 Å². The Hall–Kier alpha value is -1.45. The second kappa shape index (κ2) is 5.04. The van der Waals surface area contributed by atoms with Crippen molar-refractivity contribution in [2.24, 2.45) is 0 Å². The zero-order valence-electron chi connectivity index (χ0n) is 8.65. The highest BCUT2D eigenvalue weighted by atomic mass is 127. The van der Waals surface area contributed by atoms with Crippen LogP contribution in [0.3, 0.4) is 0 Å². The molecule has 0 saturated heterocycles. The number of nitrogens with zero attached hydrogens (tertiary/aromatic N) is 3. The molecule has 4 nitrogen and oxygen atoms in total. The molecule has 2 aromatic heterocycles. The van der Waals surface area contributed by atoms with Gasteiger partial charge in [-0.15, -0.1) is 0 Å². The summed E-state index contributed by atoms with van der Waals surface area (Å²) >= 11 is 1.96. The van der Waals surface area contributed by atoms with E-state index in [9.17, 15) is 13.2 Å². The molecule has 0 N–H and O–H groups in total. The van der Waals surface area contributed by atoms with Gasteiger partial charge in [0.25, 0.3) is 0 Å². The fourth-order valence-electron chi connectivity index (χ4n) is 1.10. The summed E-state index contributed by atoms with van der Waals surface area (Å²) in [4.78, 5) is 10.9. The van der Waals surface area contributed by atoms with Gasteiger partial charge in [-0.25, -0.2) is 15.0 Å². The van der Waals surface area contributed by atoms with Crippen LogP contribution < -0.4 is 4.74 Å². The van der Waals surface area contributed by atoms with Gasteiger partial charge in [0.1, 0.15) is 17.8 Å². The Morgan fingerprint density at radius 1 is 1.11 bits per heavy atom. The van der Waals surface area contributed by atoms with E-state index in [-0.39, 0.29) is 11.6 Å². The average molecular weight is 367 g/mol.